The second kappa shape index (κ2) is 7.15. The number of aromatic nitrogens is 1. The summed E-state index contributed by atoms with van der Waals surface area (Å²) >= 11 is 4.97. The molecule has 0 fully saturated rings. The SMILES string of the molecule is Cc1ccc(NC(=O)CSc2cccc3cccnc23)c(Br)c1. The predicted octanol–water partition coefficient (Wildman–Crippen LogP) is 5.04. The summed E-state index contributed by atoms with van der Waals surface area (Å²) in [5.41, 5.74) is 2.87. The van der Waals surface area contributed by atoms with Crippen molar-refractivity contribution >= 4 is 50.2 Å². The number of nitrogens with one attached hydrogen (secondary N) is 1. The van der Waals surface area contributed by atoms with Crippen LogP contribution in [0.1, 0.15) is 5.56 Å². The minimum atomic E-state index is -0.0347. The van der Waals surface area contributed by atoms with E-state index in [9.17, 15) is 4.79 Å². The molecule has 0 spiro atoms. The first-order chi connectivity index (χ1) is 11.1. The monoisotopic (exact) mass is 386 g/mol. The van der Waals surface area contributed by atoms with Gasteiger partial charge in [-0.05, 0) is 52.7 Å². The lowest BCUT2D eigenvalue weighted by Gasteiger charge is -2.09. The topological polar surface area (TPSA) is 42.0 Å². The third kappa shape index (κ3) is 3.92. The average Bonchev–Trinajstić information content (AvgIpc) is 2.55. The number of rotatable bonds is 4. The molecule has 116 valence electrons. The quantitative estimate of drug-likeness (QED) is 0.638. The molecule has 3 rings (SSSR count). The van der Waals surface area contributed by atoms with Gasteiger partial charge in [-0.15, -0.1) is 11.8 Å². The van der Waals surface area contributed by atoms with Crippen LogP contribution in [0.5, 0.6) is 0 Å². The highest BCUT2D eigenvalue weighted by Gasteiger charge is 2.08. The Balaban J connectivity index is 1.69. The molecule has 0 radical (unpaired) electrons. The largest absolute Gasteiger partial charge is 0.324 e. The number of para-hydroxylation sites is 1. The summed E-state index contributed by atoms with van der Waals surface area (Å²) in [6.07, 6.45) is 1.77. The number of fused-ring (bicyclic) bond motifs is 1. The van der Waals surface area contributed by atoms with Crippen LogP contribution in [-0.4, -0.2) is 16.6 Å². The number of amides is 1. The van der Waals surface area contributed by atoms with Crippen LogP contribution >= 0.6 is 27.7 Å². The van der Waals surface area contributed by atoms with E-state index in [2.05, 4.69) is 26.2 Å². The third-order valence-electron chi connectivity index (χ3n) is 3.35. The molecule has 0 unspecified atom stereocenters. The summed E-state index contributed by atoms with van der Waals surface area (Å²) in [6, 6.07) is 15.8. The normalized spacial score (nSPS) is 10.7. The standard InChI is InChI=1S/C18H15BrN2OS/c1-12-7-8-15(14(19)10-12)21-17(22)11-23-16-6-2-4-13-5-3-9-20-18(13)16/h2-10H,11H2,1H3,(H,21,22). The van der Waals surface area contributed by atoms with Crippen molar-refractivity contribution < 1.29 is 4.79 Å². The van der Waals surface area contributed by atoms with Gasteiger partial charge in [-0.25, -0.2) is 0 Å². The number of halogens is 1. The highest BCUT2D eigenvalue weighted by atomic mass is 79.9. The van der Waals surface area contributed by atoms with Crippen molar-refractivity contribution in [2.45, 2.75) is 11.8 Å². The van der Waals surface area contributed by atoms with Crippen LogP contribution in [0, 0.1) is 6.92 Å². The summed E-state index contributed by atoms with van der Waals surface area (Å²) in [5, 5.41) is 4.01. The van der Waals surface area contributed by atoms with Crippen LogP contribution in [0.4, 0.5) is 5.69 Å². The first-order valence-corrected chi connectivity index (χ1v) is 8.94. The fourth-order valence-corrected chi connectivity index (χ4v) is 3.68. The number of thioether (sulfide) groups is 1. The third-order valence-corrected chi connectivity index (χ3v) is 5.06. The van der Waals surface area contributed by atoms with E-state index in [0.717, 1.165) is 31.5 Å². The van der Waals surface area contributed by atoms with Crippen molar-refractivity contribution in [3.8, 4) is 0 Å². The van der Waals surface area contributed by atoms with Gasteiger partial charge in [0.2, 0.25) is 5.91 Å². The fraction of sp³-hybridized carbons (Fsp3) is 0.111. The first kappa shape index (κ1) is 16.0. The van der Waals surface area contributed by atoms with Gasteiger partial charge in [-0.1, -0.05) is 24.3 Å². The Morgan fingerprint density at radius 2 is 2.04 bits per heavy atom. The first-order valence-electron chi connectivity index (χ1n) is 7.16. The maximum atomic E-state index is 12.2. The predicted molar refractivity (Wildman–Crippen MR) is 100.0 cm³/mol. The molecular weight excluding hydrogens is 372 g/mol. The maximum Gasteiger partial charge on any atom is 0.234 e. The van der Waals surface area contributed by atoms with Crippen LogP contribution in [0.2, 0.25) is 0 Å². The summed E-state index contributed by atoms with van der Waals surface area (Å²) in [5.74, 6) is 0.309. The number of hydrogen-bond donors (Lipinski definition) is 1. The van der Waals surface area contributed by atoms with Crippen LogP contribution in [0.3, 0.4) is 0 Å². The van der Waals surface area contributed by atoms with Gasteiger partial charge in [0.05, 0.1) is 17.0 Å². The van der Waals surface area contributed by atoms with Crippen molar-refractivity contribution in [3.05, 3.63) is 64.8 Å². The molecule has 3 aromatic rings. The van der Waals surface area contributed by atoms with Gasteiger partial charge in [-0.2, -0.15) is 0 Å². The Morgan fingerprint density at radius 1 is 1.22 bits per heavy atom. The van der Waals surface area contributed by atoms with E-state index in [0.29, 0.717) is 5.75 Å². The average molecular weight is 387 g/mol. The second-order valence-corrected chi connectivity index (χ2v) is 7.02. The Morgan fingerprint density at radius 3 is 2.87 bits per heavy atom. The van der Waals surface area contributed by atoms with Gasteiger partial charge >= 0.3 is 0 Å². The molecule has 0 aliphatic carbocycles. The maximum absolute atomic E-state index is 12.2. The molecule has 0 bridgehead atoms. The Bertz CT molecular complexity index is 861. The smallest absolute Gasteiger partial charge is 0.234 e. The van der Waals surface area contributed by atoms with Gasteiger partial charge in [0.15, 0.2) is 0 Å². The molecule has 3 nitrogen and oxygen atoms in total. The highest BCUT2D eigenvalue weighted by molar-refractivity contribution is 9.10. The molecule has 0 saturated carbocycles. The van der Waals surface area contributed by atoms with E-state index in [1.807, 2.05) is 55.5 Å². The number of carbonyl (C=O) groups excluding carboxylic acids is 1. The van der Waals surface area contributed by atoms with Gasteiger partial charge < -0.3 is 5.32 Å². The van der Waals surface area contributed by atoms with E-state index >= 15 is 0 Å². The zero-order valence-corrected chi connectivity index (χ0v) is 14.9. The van der Waals surface area contributed by atoms with Gasteiger partial charge in [0.1, 0.15) is 0 Å². The highest BCUT2D eigenvalue weighted by Crippen LogP contribution is 2.27. The van der Waals surface area contributed by atoms with E-state index < -0.39 is 0 Å². The summed E-state index contributed by atoms with van der Waals surface area (Å²) < 4.78 is 0.891. The lowest BCUT2D eigenvalue weighted by Crippen LogP contribution is -2.14. The molecular formula is C18H15BrN2OS. The molecule has 1 amide bonds. The van der Waals surface area contributed by atoms with E-state index in [1.165, 1.54) is 11.8 Å². The van der Waals surface area contributed by atoms with E-state index in [-0.39, 0.29) is 5.91 Å². The van der Waals surface area contributed by atoms with Crippen molar-refractivity contribution in [2.75, 3.05) is 11.1 Å². The molecule has 5 heteroatoms. The molecule has 1 N–H and O–H groups in total. The molecule has 2 aromatic carbocycles. The minimum Gasteiger partial charge on any atom is -0.324 e. The zero-order valence-electron chi connectivity index (χ0n) is 12.5. The van der Waals surface area contributed by atoms with E-state index in [1.54, 1.807) is 6.20 Å². The number of aryl methyl sites for hydroxylation is 1. The number of carbonyl (C=O) groups is 1. The summed E-state index contributed by atoms with van der Waals surface area (Å²) in [4.78, 5) is 17.6. The number of pyridine rings is 1. The van der Waals surface area contributed by atoms with Gasteiger partial charge in [0.25, 0.3) is 0 Å². The molecule has 23 heavy (non-hydrogen) atoms. The molecule has 0 aliphatic heterocycles. The van der Waals surface area contributed by atoms with Crippen molar-refractivity contribution in [1.82, 2.24) is 4.98 Å². The van der Waals surface area contributed by atoms with E-state index in [4.69, 9.17) is 0 Å². The fourth-order valence-electron chi connectivity index (χ4n) is 2.24. The molecule has 0 atom stereocenters. The Hall–Kier alpha value is -1.85. The van der Waals surface area contributed by atoms with Crippen molar-refractivity contribution in [3.63, 3.8) is 0 Å². The summed E-state index contributed by atoms with van der Waals surface area (Å²) in [6.45, 7) is 2.01. The van der Waals surface area contributed by atoms with Crippen molar-refractivity contribution in [2.24, 2.45) is 0 Å². The number of anilines is 1. The minimum absolute atomic E-state index is 0.0347. The van der Waals surface area contributed by atoms with Crippen LogP contribution in [0.25, 0.3) is 10.9 Å². The van der Waals surface area contributed by atoms with Gasteiger partial charge in [-0.3, -0.25) is 9.78 Å². The number of nitrogens with zero attached hydrogens (tertiary/aromatic N) is 1. The van der Waals surface area contributed by atoms with Gasteiger partial charge in [0, 0.05) is 21.0 Å². The number of benzene rings is 2. The molecule has 0 saturated heterocycles. The molecule has 1 heterocycles. The van der Waals surface area contributed by atoms with Crippen LogP contribution in [0.15, 0.2) is 64.1 Å². The Kier molecular flexibility index (Phi) is 4.98. The Labute approximate surface area is 147 Å². The summed E-state index contributed by atoms with van der Waals surface area (Å²) in [7, 11) is 0. The zero-order chi connectivity index (χ0) is 16.2. The lowest BCUT2D eigenvalue weighted by atomic mass is 10.2. The molecule has 1 aromatic heterocycles. The van der Waals surface area contributed by atoms with Crippen LogP contribution in [-0.2, 0) is 4.79 Å². The van der Waals surface area contributed by atoms with Crippen LogP contribution < -0.4 is 5.32 Å². The van der Waals surface area contributed by atoms with Crippen molar-refractivity contribution in [1.29, 1.82) is 0 Å². The second-order valence-electron chi connectivity index (χ2n) is 5.15. The lowest BCUT2D eigenvalue weighted by molar-refractivity contribution is -0.113. The molecule has 0 aliphatic rings. The number of hydrogen-bond acceptors (Lipinski definition) is 3.